The Morgan fingerprint density at radius 2 is 1.44 bits per heavy atom. The number of anilines is 2. The monoisotopic (exact) mass is 753 g/mol. The fourth-order valence-electron chi connectivity index (χ4n) is 7.21. The van der Waals surface area contributed by atoms with Crippen LogP contribution in [0, 0.1) is 5.92 Å². The fraction of sp³-hybridized carbons (Fsp3) is 0.205. The summed E-state index contributed by atoms with van der Waals surface area (Å²) < 4.78 is 26.9. The molecule has 3 heterocycles. The maximum absolute atomic E-state index is 14.1. The van der Waals surface area contributed by atoms with Crippen LogP contribution in [-0.2, 0) is 34.6 Å². The van der Waals surface area contributed by atoms with Gasteiger partial charge in [0.25, 0.3) is 11.8 Å². The maximum atomic E-state index is 14.1. The zero-order valence-corrected chi connectivity index (χ0v) is 31.3. The van der Waals surface area contributed by atoms with Crippen LogP contribution in [0.2, 0.25) is 0 Å². The Kier molecular flexibility index (Phi) is 10.2. The number of nitrogens with zero attached hydrogens (tertiary/aromatic N) is 3. The van der Waals surface area contributed by atoms with Gasteiger partial charge in [-0.15, -0.1) is 5.06 Å². The Labute approximate surface area is 321 Å². The lowest BCUT2D eigenvalue weighted by Gasteiger charge is -2.29. The fourth-order valence-corrected chi connectivity index (χ4v) is 8.17. The summed E-state index contributed by atoms with van der Waals surface area (Å²) in [4.78, 5) is 44.4. The summed E-state index contributed by atoms with van der Waals surface area (Å²) in [5.74, 6) is -0.816. The first-order chi connectivity index (χ1) is 26.7. The Morgan fingerprint density at radius 3 is 2.16 bits per heavy atom. The van der Waals surface area contributed by atoms with Gasteiger partial charge in [-0.05, 0) is 78.6 Å². The molecule has 278 valence electrons. The molecular weight excluding hydrogens is 715 g/mol. The average molecular weight is 754 g/mol. The molecule has 55 heavy (non-hydrogen) atoms. The third kappa shape index (κ3) is 7.34. The van der Waals surface area contributed by atoms with Gasteiger partial charge in [0.2, 0.25) is 11.1 Å². The summed E-state index contributed by atoms with van der Waals surface area (Å²) in [5.41, 5.74) is 6.68. The average Bonchev–Trinajstić information content (AvgIpc) is 3.54. The number of ether oxygens (including phenoxy) is 1. The van der Waals surface area contributed by atoms with Gasteiger partial charge in [-0.1, -0.05) is 72.8 Å². The first-order valence-corrected chi connectivity index (χ1v) is 19.4. The Hall–Kier alpha value is -5.88. The van der Waals surface area contributed by atoms with Crippen LogP contribution >= 0.6 is 0 Å². The molecule has 3 aliphatic rings. The standard InChI is InChI=1S/C44H39N3O7S/c1-29(30-11-5-3-6-12-30)32-17-19-35-38(27-32)52-39-28-34(45(2)33-13-7-4-8-14-33)18-20-36(39)43(35)37-15-9-10-16-40(37)55(51)54-46-25-23-31(24-26-46)44(50)53-47-41(48)21-22-42(47)49/h3-20,27-28,31H,21-26H2,1-2H3/b32-29+. The molecule has 1 unspecified atom stereocenters. The van der Waals surface area contributed by atoms with Gasteiger partial charge in [0, 0.05) is 72.3 Å². The lowest BCUT2D eigenvalue weighted by Crippen LogP contribution is -2.40. The van der Waals surface area contributed by atoms with Gasteiger partial charge in [-0.3, -0.25) is 9.59 Å². The van der Waals surface area contributed by atoms with Gasteiger partial charge in [-0.25, -0.2) is 9.00 Å². The van der Waals surface area contributed by atoms with E-state index in [1.807, 2.05) is 73.8 Å². The van der Waals surface area contributed by atoms with E-state index < -0.39 is 34.8 Å². The van der Waals surface area contributed by atoms with Gasteiger partial charge in [0.1, 0.15) is 11.5 Å². The summed E-state index contributed by atoms with van der Waals surface area (Å²) in [6.45, 7) is 2.72. The second kappa shape index (κ2) is 15.5. The van der Waals surface area contributed by atoms with Crippen molar-refractivity contribution in [1.29, 1.82) is 0 Å². The van der Waals surface area contributed by atoms with Crippen molar-refractivity contribution < 1.29 is 32.5 Å². The summed E-state index contributed by atoms with van der Waals surface area (Å²) >= 11 is -1.92. The topological polar surface area (TPSA) is 106 Å². The SMILES string of the molecule is C/C(c1ccccc1)=c1/ccc2c(c1)Oc1cc(N(C)c3ccccc3)ccc1C=2c1ccccc1S(=O)ON1CCC(C(=O)ON2C(=O)CCC2=O)CC1. The molecule has 2 saturated heterocycles. The molecule has 0 spiro atoms. The van der Waals surface area contributed by atoms with Crippen LogP contribution in [0.4, 0.5) is 11.4 Å². The van der Waals surface area contributed by atoms with Crippen LogP contribution in [0.5, 0.6) is 11.5 Å². The number of para-hydroxylation sites is 1. The van der Waals surface area contributed by atoms with Crippen LogP contribution in [0.3, 0.4) is 0 Å². The normalized spacial score (nSPS) is 16.9. The van der Waals surface area contributed by atoms with Crippen LogP contribution in [0.1, 0.15) is 49.3 Å². The summed E-state index contributed by atoms with van der Waals surface area (Å²) in [5, 5.41) is 4.06. The molecule has 0 aliphatic carbocycles. The quantitative estimate of drug-likeness (QED) is 0.157. The van der Waals surface area contributed by atoms with Crippen molar-refractivity contribution in [1.82, 2.24) is 10.1 Å². The molecule has 2 amide bonds. The first kappa shape index (κ1) is 36.1. The smallest absolute Gasteiger partial charge is 0.336 e. The zero-order valence-electron chi connectivity index (χ0n) is 30.5. The summed E-state index contributed by atoms with van der Waals surface area (Å²) in [7, 11) is 2.02. The maximum Gasteiger partial charge on any atom is 0.336 e. The molecule has 5 aromatic carbocycles. The van der Waals surface area contributed by atoms with E-state index in [9.17, 15) is 18.6 Å². The van der Waals surface area contributed by atoms with E-state index in [-0.39, 0.29) is 12.8 Å². The molecular formula is C44H39N3O7S. The Bertz CT molecular complexity index is 2430. The van der Waals surface area contributed by atoms with E-state index in [0.29, 0.717) is 47.4 Å². The molecule has 0 aromatic heterocycles. The van der Waals surface area contributed by atoms with E-state index in [0.717, 1.165) is 49.6 Å². The second-order valence-electron chi connectivity index (χ2n) is 13.8. The van der Waals surface area contributed by atoms with E-state index >= 15 is 0 Å². The Morgan fingerprint density at radius 1 is 0.764 bits per heavy atom. The van der Waals surface area contributed by atoms with Crippen molar-refractivity contribution in [3.63, 3.8) is 0 Å². The van der Waals surface area contributed by atoms with Gasteiger partial charge >= 0.3 is 5.97 Å². The largest absolute Gasteiger partial charge is 0.456 e. The number of fused-ring (bicyclic) bond motifs is 2. The second-order valence-corrected chi connectivity index (χ2v) is 14.8. The highest BCUT2D eigenvalue weighted by Gasteiger charge is 2.36. The molecule has 0 saturated carbocycles. The number of hydrogen-bond donors (Lipinski definition) is 0. The summed E-state index contributed by atoms with van der Waals surface area (Å²) in [6, 6.07) is 40.2. The minimum atomic E-state index is -1.92. The molecule has 0 bridgehead atoms. The number of carbonyl (C=O) groups excluding carboxylic acids is 3. The van der Waals surface area contributed by atoms with Crippen LogP contribution in [0.15, 0.2) is 126 Å². The van der Waals surface area contributed by atoms with Gasteiger partial charge in [0.05, 0.1) is 10.8 Å². The predicted molar refractivity (Wildman–Crippen MR) is 208 cm³/mol. The molecule has 3 aliphatic heterocycles. The number of imide groups is 1. The molecule has 8 rings (SSSR count). The molecule has 0 radical (unpaired) electrons. The number of hydrogen-bond acceptors (Lipinski definition) is 9. The highest BCUT2D eigenvalue weighted by atomic mass is 32.2. The van der Waals surface area contributed by atoms with Crippen molar-refractivity contribution in [2.24, 2.45) is 5.92 Å². The van der Waals surface area contributed by atoms with E-state index in [4.69, 9.17) is 13.9 Å². The molecule has 10 nitrogen and oxygen atoms in total. The van der Waals surface area contributed by atoms with Crippen molar-refractivity contribution in [2.45, 2.75) is 37.5 Å². The zero-order chi connectivity index (χ0) is 38.1. The predicted octanol–water partition coefficient (Wildman–Crippen LogP) is 6.30. The highest BCUT2D eigenvalue weighted by Crippen LogP contribution is 2.41. The van der Waals surface area contributed by atoms with Crippen LogP contribution in [-0.4, -0.2) is 52.3 Å². The molecule has 1 atom stereocenters. The highest BCUT2D eigenvalue weighted by molar-refractivity contribution is 7.80. The number of benzene rings is 5. The van der Waals surface area contributed by atoms with Crippen LogP contribution in [0.25, 0.3) is 11.1 Å². The van der Waals surface area contributed by atoms with Gasteiger partial charge in [-0.2, -0.15) is 9.35 Å². The third-order valence-electron chi connectivity index (χ3n) is 10.4. The van der Waals surface area contributed by atoms with Gasteiger partial charge < -0.3 is 14.5 Å². The minimum Gasteiger partial charge on any atom is -0.456 e. The Balaban J connectivity index is 1.12. The van der Waals surface area contributed by atoms with Gasteiger partial charge in [0.15, 0.2) is 0 Å². The first-order valence-electron chi connectivity index (χ1n) is 18.3. The number of amides is 2. The third-order valence-corrected chi connectivity index (χ3v) is 11.4. The molecule has 11 heteroatoms. The van der Waals surface area contributed by atoms with Crippen molar-refractivity contribution in [3.8, 4) is 11.5 Å². The van der Waals surface area contributed by atoms with E-state index in [2.05, 4.69) is 60.4 Å². The van der Waals surface area contributed by atoms with Crippen molar-refractivity contribution in [2.75, 3.05) is 25.0 Å². The lowest BCUT2D eigenvalue weighted by molar-refractivity contribution is -0.202. The number of hydroxylamine groups is 4. The molecule has 5 aromatic rings. The van der Waals surface area contributed by atoms with Crippen molar-refractivity contribution >= 4 is 51.4 Å². The summed E-state index contributed by atoms with van der Waals surface area (Å²) in [6.07, 6.45) is 0.778. The molecule has 2 fully saturated rings. The molecule has 0 N–H and O–H groups in total. The lowest BCUT2D eigenvalue weighted by atomic mass is 9.92. The van der Waals surface area contributed by atoms with E-state index in [1.54, 1.807) is 11.1 Å². The van der Waals surface area contributed by atoms with Crippen LogP contribution < -0.4 is 20.1 Å². The number of piperidine rings is 1. The van der Waals surface area contributed by atoms with Crippen molar-refractivity contribution in [3.05, 3.63) is 148 Å². The number of rotatable bonds is 9. The number of carbonyl (C=O) groups is 3. The van der Waals surface area contributed by atoms with E-state index in [1.165, 1.54) is 0 Å². The minimum absolute atomic E-state index is 0.0369.